The summed E-state index contributed by atoms with van der Waals surface area (Å²) in [5.74, 6) is 0. The Morgan fingerprint density at radius 2 is 0.738 bits per heavy atom. The fourth-order valence-electron chi connectivity index (χ4n) is 8.12. The lowest BCUT2D eigenvalue weighted by Crippen LogP contribution is -1.98. The van der Waals surface area contributed by atoms with E-state index >= 15 is 0 Å². The van der Waals surface area contributed by atoms with Crippen LogP contribution in [0.5, 0.6) is 0 Å². The van der Waals surface area contributed by atoms with Crippen molar-refractivity contribution >= 4 is 21.8 Å². The lowest BCUT2D eigenvalue weighted by atomic mass is 9.90. The SMILES string of the molecule is c1cc(-c2ccc3ccccc3c2)cc(-n2nc3cc(-c4cc(-c5ccncc5)cc(-c5ccncc5)c4)cc(-c4cc(-c5ccncc5)cc(-c5ccncc5)c4)c3n2)c1. The fraction of sp³-hybridized carbons (Fsp3) is 0. The van der Waals surface area contributed by atoms with Crippen molar-refractivity contribution in [1.82, 2.24) is 34.9 Å². The van der Waals surface area contributed by atoms with E-state index in [4.69, 9.17) is 10.2 Å². The topological polar surface area (TPSA) is 82.3 Å². The second-order valence-electron chi connectivity index (χ2n) is 15.0. The number of benzene rings is 6. The molecule has 5 aromatic heterocycles. The highest BCUT2D eigenvalue weighted by atomic mass is 15.5. The van der Waals surface area contributed by atoms with Gasteiger partial charge in [0.05, 0.1) is 5.69 Å². The van der Waals surface area contributed by atoms with Crippen LogP contribution in [0.3, 0.4) is 0 Å². The van der Waals surface area contributed by atoms with Gasteiger partial charge in [0, 0.05) is 55.1 Å². The van der Waals surface area contributed by atoms with Crippen molar-refractivity contribution in [3.63, 3.8) is 0 Å². The molecule has 11 rings (SSSR count). The van der Waals surface area contributed by atoms with Crippen molar-refractivity contribution < 1.29 is 0 Å². The molecule has 7 heteroatoms. The van der Waals surface area contributed by atoms with Crippen molar-refractivity contribution in [2.45, 2.75) is 0 Å². The normalized spacial score (nSPS) is 11.3. The van der Waals surface area contributed by atoms with Crippen molar-refractivity contribution in [3.05, 3.63) is 213 Å². The average molecular weight is 782 g/mol. The molecule has 5 heterocycles. The molecule has 0 spiro atoms. The van der Waals surface area contributed by atoms with Gasteiger partial charge in [-0.1, -0.05) is 48.5 Å². The molecule has 0 N–H and O–H groups in total. The lowest BCUT2D eigenvalue weighted by Gasteiger charge is -2.14. The van der Waals surface area contributed by atoms with Gasteiger partial charge in [-0.15, -0.1) is 10.2 Å². The predicted molar refractivity (Wildman–Crippen MR) is 246 cm³/mol. The summed E-state index contributed by atoms with van der Waals surface area (Å²) in [4.78, 5) is 19.0. The number of fused-ring (bicyclic) bond motifs is 2. The molecule has 61 heavy (non-hydrogen) atoms. The molecule has 0 radical (unpaired) electrons. The monoisotopic (exact) mass is 781 g/mol. The number of rotatable bonds is 8. The van der Waals surface area contributed by atoms with Crippen LogP contribution in [0.2, 0.25) is 0 Å². The molecule has 0 aliphatic carbocycles. The first-order valence-corrected chi connectivity index (χ1v) is 20.1. The smallest absolute Gasteiger partial charge is 0.121 e. The van der Waals surface area contributed by atoms with Gasteiger partial charge in [-0.25, -0.2) is 0 Å². The standard InChI is InChI=1S/C54H35N7/c1-2-5-41-26-43(9-8-36(41)4-1)42-6-3-7-51(33-42)61-59-53-35-49(48-29-44(37-10-18-55-19-11-37)27-45(30-48)38-12-20-56-21-13-38)34-52(54(53)60-61)50-31-46(39-14-22-57-23-15-39)28-47(32-50)40-16-24-58-25-17-40/h1-35H. The highest BCUT2D eigenvalue weighted by molar-refractivity contribution is 5.98. The van der Waals surface area contributed by atoms with E-state index in [0.29, 0.717) is 0 Å². The van der Waals surface area contributed by atoms with E-state index in [9.17, 15) is 0 Å². The summed E-state index contributed by atoms with van der Waals surface area (Å²) in [6.45, 7) is 0. The molecule has 0 aliphatic rings. The number of pyridine rings is 4. The molecule has 0 unspecified atom stereocenters. The van der Waals surface area contributed by atoms with Gasteiger partial charge in [-0.05, 0) is 198 Å². The number of aromatic nitrogens is 7. The van der Waals surface area contributed by atoms with E-state index in [1.165, 1.54) is 10.8 Å². The first kappa shape index (κ1) is 35.7. The Labute approximate surface area is 352 Å². The van der Waals surface area contributed by atoms with Gasteiger partial charge in [0.2, 0.25) is 0 Å². The Balaban J connectivity index is 1.14. The molecule has 0 aliphatic heterocycles. The highest BCUT2D eigenvalue weighted by Gasteiger charge is 2.18. The summed E-state index contributed by atoms with van der Waals surface area (Å²) in [5, 5.41) is 12.9. The Morgan fingerprint density at radius 3 is 1.28 bits per heavy atom. The van der Waals surface area contributed by atoms with E-state index in [0.717, 1.165) is 94.6 Å². The Morgan fingerprint density at radius 1 is 0.279 bits per heavy atom. The Hall–Kier alpha value is -8.42. The van der Waals surface area contributed by atoms with Crippen LogP contribution in [0.1, 0.15) is 0 Å². The van der Waals surface area contributed by atoms with Crippen LogP contribution in [0.25, 0.3) is 105 Å². The summed E-state index contributed by atoms with van der Waals surface area (Å²) in [6, 6.07) is 57.7. The predicted octanol–water partition coefficient (Wildman–Crippen LogP) is 12.8. The zero-order valence-corrected chi connectivity index (χ0v) is 32.8. The minimum Gasteiger partial charge on any atom is -0.265 e. The first-order chi connectivity index (χ1) is 30.2. The third kappa shape index (κ3) is 7.11. The van der Waals surface area contributed by atoms with Crippen molar-refractivity contribution in [1.29, 1.82) is 0 Å². The minimum atomic E-state index is 0.781. The van der Waals surface area contributed by atoms with E-state index in [-0.39, 0.29) is 0 Å². The maximum atomic E-state index is 5.29. The van der Waals surface area contributed by atoms with Crippen LogP contribution >= 0.6 is 0 Å². The van der Waals surface area contributed by atoms with E-state index in [1.54, 1.807) is 4.80 Å². The molecule has 0 saturated carbocycles. The fourth-order valence-corrected chi connectivity index (χ4v) is 8.12. The van der Waals surface area contributed by atoms with Crippen molar-refractivity contribution in [2.75, 3.05) is 0 Å². The largest absolute Gasteiger partial charge is 0.265 e. The van der Waals surface area contributed by atoms with Crippen LogP contribution in [0, 0.1) is 0 Å². The molecule has 0 amide bonds. The van der Waals surface area contributed by atoms with Gasteiger partial charge in [-0.2, -0.15) is 4.80 Å². The van der Waals surface area contributed by atoms with Crippen LogP contribution in [-0.4, -0.2) is 34.9 Å². The summed E-state index contributed by atoms with van der Waals surface area (Å²) in [7, 11) is 0. The zero-order chi connectivity index (χ0) is 40.5. The lowest BCUT2D eigenvalue weighted by molar-refractivity contribution is 0.766. The molecular weight excluding hydrogens is 747 g/mol. The van der Waals surface area contributed by atoms with Crippen molar-refractivity contribution in [2.24, 2.45) is 0 Å². The molecular formula is C54H35N7. The molecule has 0 bridgehead atoms. The Kier molecular flexibility index (Phi) is 9.02. The molecule has 0 fully saturated rings. The molecule has 6 aromatic carbocycles. The van der Waals surface area contributed by atoms with E-state index < -0.39 is 0 Å². The molecule has 0 saturated heterocycles. The van der Waals surface area contributed by atoms with Gasteiger partial charge in [0.15, 0.2) is 0 Å². The summed E-state index contributed by atoms with van der Waals surface area (Å²) in [5.41, 5.74) is 17.3. The minimum absolute atomic E-state index is 0.781. The molecule has 286 valence electrons. The van der Waals surface area contributed by atoms with Gasteiger partial charge < -0.3 is 0 Å². The average Bonchev–Trinajstić information content (AvgIpc) is 3.79. The zero-order valence-electron chi connectivity index (χ0n) is 32.8. The van der Waals surface area contributed by atoms with Gasteiger partial charge >= 0.3 is 0 Å². The maximum absolute atomic E-state index is 5.29. The third-order valence-electron chi connectivity index (χ3n) is 11.2. The number of nitrogens with zero attached hydrogens (tertiary/aromatic N) is 7. The van der Waals surface area contributed by atoms with Crippen LogP contribution in [0.15, 0.2) is 213 Å². The second kappa shape index (κ2) is 15.4. The highest BCUT2D eigenvalue weighted by Crippen LogP contribution is 2.40. The second-order valence-corrected chi connectivity index (χ2v) is 15.0. The maximum Gasteiger partial charge on any atom is 0.121 e. The van der Waals surface area contributed by atoms with Crippen molar-refractivity contribution in [3.8, 4) is 83.6 Å². The molecule has 7 nitrogen and oxygen atoms in total. The summed E-state index contributed by atoms with van der Waals surface area (Å²) in [6.07, 6.45) is 14.7. The summed E-state index contributed by atoms with van der Waals surface area (Å²) < 4.78 is 0. The van der Waals surface area contributed by atoms with Crippen LogP contribution < -0.4 is 0 Å². The molecule has 0 atom stereocenters. The van der Waals surface area contributed by atoms with Gasteiger partial charge in [-0.3, -0.25) is 19.9 Å². The van der Waals surface area contributed by atoms with Crippen LogP contribution in [-0.2, 0) is 0 Å². The molecule has 11 aromatic rings. The third-order valence-corrected chi connectivity index (χ3v) is 11.2. The number of hydrogen-bond acceptors (Lipinski definition) is 6. The summed E-state index contributed by atoms with van der Waals surface area (Å²) >= 11 is 0. The first-order valence-electron chi connectivity index (χ1n) is 20.1. The van der Waals surface area contributed by atoms with Crippen LogP contribution in [0.4, 0.5) is 0 Å². The van der Waals surface area contributed by atoms with E-state index in [2.05, 4.69) is 135 Å². The number of hydrogen-bond donors (Lipinski definition) is 0. The Bertz CT molecular complexity index is 3230. The van der Waals surface area contributed by atoms with E-state index in [1.807, 2.05) is 98.1 Å². The quantitative estimate of drug-likeness (QED) is 0.153. The van der Waals surface area contributed by atoms with Gasteiger partial charge in [0.1, 0.15) is 11.0 Å². The van der Waals surface area contributed by atoms with Gasteiger partial charge in [0.25, 0.3) is 0 Å².